The van der Waals surface area contributed by atoms with Crippen molar-refractivity contribution < 1.29 is 30.8 Å². The van der Waals surface area contributed by atoms with Gasteiger partial charge in [-0.3, -0.25) is 9.52 Å². The average molecular weight is 402 g/mol. The highest BCUT2D eigenvalue weighted by atomic mass is 32.2. The molecule has 0 radical (unpaired) electrons. The highest BCUT2D eigenvalue weighted by Crippen LogP contribution is 2.33. The second-order valence-electron chi connectivity index (χ2n) is 6.09. The minimum Gasteiger partial charge on any atom is -0.326 e. The largest absolute Gasteiger partial charge is 0.419 e. The number of hydrogen-bond donors (Lipinski definition) is 2. The molecule has 0 saturated heterocycles. The molecule has 27 heavy (non-hydrogen) atoms. The minimum atomic E-state index is -5.02. The lowest BCUT2D eigenvalue weighted by Gasteiger charge is -2.12. The highest BCUT2D eigenvalue weighted by molar-refractivity contribution is 7.92. The molecule has 10 heteroatoms. The zero-order chi connectivity index (χ0) is 19.8. The quantitative estimate of drug-likeness (QED) is 0.743. The van der Waals surface area contributed by atoms with Crippen molar-refractivity contribution in [1.29, 1.82) is 0 Å². The highest BCUT2D eigenvalue weighted by Gasteiger charge is 2.35. The topological polar surface area (TPSA) is 75.3 Å². The van der Waals surface area contributed by atoms with E-state index in [9.17, 15) is 30.8 Å². The Morgan fingerprint density at radius 3 is 2.15 bits per heavy atom. The van der Waals surface area contributed by atoms with Crippen molar-refractivity contribution in [3.63, 3.8) is 0 Å². The van der Waals surface area contributed by atoms with Gasteiger partial charge in [0, 0.05) is 17.3 Å². The molecule has 0 bridgehead atoms. The van der Waals surface area contributed by atoms with E-state index in [0.29, 0.717) is 11.8 Å². The van der Waals surface area contributed by atoms with E-state index in [1.807, 2.05) is 0 Å². The Bertz CT molecular complexity index is 969. The molecule has 144 valence electrons. The summed E-state index contributed by atoms with van der Waals surface area (Å²) in [5, 5.41) is 2.67. The van der Waals surface area contributed by atoms with Gasteiger partial charge in [0.25, 0.3) is 10.0 Å². The number of benzene rings is 2. The smallest absolute Gasteiger partial charge is 0.326 e. The van der Waals surface area contributed by atoms with Crippen molar-refractivity contribution in [3.8, 4) is 0 Å². The van der Waals surface area contributed by atoms with Crippen molar-refractivity contribution in [2.75, 3.05) is 10.0 Å². The lowest BCUT2D eigenvalue weighted by atomic mass is 10.2. The molecule has 5 nitrogen and oxygen atoms in total. The van der Waals surface area contributed by atoms with Crippen molar-refractivity contribution in [2.24, 2.45) is 5.92 Å². The van der Waals surface area contributed by atoms with Gasteiger partial charge in [-0.25, -0.2) is 12.8 Å². The lowest BCUT2D eigenvalue weighted by molar-refractivity contribution is -0.140. The number of alkyl halides is 3. The van der Waals surface area contributed by atoms with Crippen LogP contribution in [0.1, 0.15) is 18.4 Å². The van der Waals surface area contributed by atoms with Crippen LogP contribution in [0.5, 0.6) is 0 Å². The molecule has 1 aliphatic rings. The van der Waals surface area contributed by atoms with Crippen molar-refractivity contribution in [1.82, 2.24) is 0 Å². The maximum Gasteiger partial charge on any atom is 0.419 e. The first-order valence-corrected chi connectivity index (χ1v) is 9.35. The van der Waals surface area contributed by atoms with Crippen molar-refractivity contribution in [2.45, 2.75) is 23.9 Å². The first-order chi connectivity index (χ1) is 12.6. The molecule has 2 N–H and O–H groups in total. The molecule has 0 atom stereocenters. The van der Waals surface area contributed by atoms with Gasteiger partial charge in [0.15, 0.2) is 0 Å². The molecule has 2 aromatic carbocycles. The van der Waals surface area contributed by atoms with Crippen LogP contribution in [0.25, 0.3) is 0 Å². The SMILES string of the molecule is O=C(Nc1ccc(NS(=O)(=O)c2ccc(F)c(C(F)(F)F)c2)cc1)C1CC1. The molecule has 0 heterocycles. The third-order valence-electron chi connectivity index (χ3n) is 3.91. The Hall–Kier alpha value is -2.62. The fourth-order valence-corrected chi connectivity index (χ4v) is 3.40. The van der Waals surface area contributed by atoms with E-state index in [4.69, 9.17) is 0 Å². The molecule has 1 amide bonds. The van der Waals surface area contributed by atoms with Crippen LogP contribution >= 0.6 is 0 Å². The van der Waals surface area contributed by atoms with Crippen molar-refractivity contribution >= 4 is 27.3 Å². The number of amides is 1. The monoisotopic (exact) mass is 402 g/mol. The molecule has 3 rings (SSSR count). The van der Waals surface area contributed by atoms with Crippen LogP contribution in [-0.4, -0.2) is 14.3 Å². The van der Waals surface area contributed by atoms with Gasteiger partial charge in [-0.05, 0) is 55.3 Å². The van der Waals surface area contributed by atoms with Gasteiger partial charge < -0.3 is 5.32 Å². The summed E-state index contributed by atoms with van der Waals surface area (Å²) in [6.07, 6.45) is -3.35. The number of carbonyl (C=O) groups is 1. The van der Waals surface area contributed by atoms with Crippen LogP contribution in [0.15, 0.2) is 47.4 Å². The van der Waals surface area contributed by atoms with Gasteiger partial charge in [0.05, 0.1) is 10.5 Å². The maximum absolute atomic E-state index is 13.3. The number of carbonyl (C=O) groups excluding carboxylic acids is 1. The standard InChI is InChI=1S/C17H14F4N2O3S/c18-15-8-7-13(9-14(15)17(19,20)21)27(25,26)23-12-5-3-11(4-6-12)22-16(24)10-1-2-10/h3-10,23H,1-2H2,(H,22,24). The molecule has 0 aliphatic heterocycles. The molecule has 1 fully saturated rings. The lowest BCUT2D eigenvalue weighted by Crippen LogP contribution is -2.16. The van der Waals surface area contributed by atoms with Crippen LogP contribution in [0, 0.1) is 11.7 Å². The van der Waals surface area contributed by atoms with Crippen LogP contribution < -0.4 is 10.0 Å². The number of rotatable bonds is 5. The summed E-state index contributed by atoms with van der Waals surface area (Å²) in [7, 11) is -4.36. The molecule has 0 spiro atoms. The summed E-state index contributed by atoms with van der Waals surface area (Å²) >= 11 is 0. The maximum atomic E-state index is 13.3. The summed E-state index contributed by atoms with van der Waals surface area (Å²) in [4.78, 5) is 10.9. The molecule has 1 aliphatic carbocycles. The van der Waals surface area contributed by atoms with E-state index in [0.717, 1.165) is 18.9 Å². The van der Waals surface area contributed by atoms with Gasteiger partial charge in [-0.2, -0.15) is 13.2 Å². The Morgan fingerprint density at radius 1 is 1.00 bits per heavy atom. The Labute approximate surface area is 152 Å². The predicted molar refractivity (Wildman–Crippen MR) is 90.0 cm³/mol. The Morgan fingerprint density at radius 2 is 1.59 bits per heavy atom. The number of hydrogen-bond acceptors (Lipinski definition) is 3. The van der Waals surface area contributed by atoms with E-state index < -0.39 is 32.5 Å². The van der Waals surface area contributed by atoms with Gasteiger partial charge in [-0.15, -0.1) is 0 Å². The summed E-state index contributed by atoms with van der Waals surface area (Å²) in [6.45, 7) is 0. The third kappa shape index (κ3) is 4.57. The minimum absolute atomic E-state index is 0.00415. The molecule has 0 unspecified atom stereocenters. The van der Waals surface area contributed by atoms with E-state index >= 15 is 0 Å². The third-order valence-corrected chi connectivity index (χ3v) is 5.29. The Balaban J connectivity index is 1.77. The van der Waals surface area contributed by atoms with E-state index in [1.165, 1.54) is 24.3 Å². The fourth-order valence-electron chi connectivity index (χ4n) is 2.31. The number of sulfonamides is 1. The van der Waals surface area contributed by atoms with Crippen molar-refractivity contribution in [3.05, 3.63) is 53.8 Å². The van der Waals surface area contributed by atoms with Gasteiger partial charge >= 0.3 is 6.18 Å². The molecule has 1 saturated carbocycles. The van der Waals surface area contributed by atoms with Crippen LogP contribution in [0.4, 0.5) is 28.9 Å². The first kappa shape index (κ1) is 19.2. The van der Waals surface area contributed by atoms with Gasteiger partial charge in [0.1, 0.15) is 5.82 Å². The zero-order valence-corrected chi connectivity index (χ0v) is 14.5. The number of halogens is 4. The van der Waals surface area contributed by atoms with Gasteiger partial charge in [0.2, 0.25) is 5.91 Å². The second-order valence-corrected chi connectivity index (χ2v) is 7.77. The fraction of sp³-hybridized carbons (Fsp3) is 0.235. The molecule has 2 aromatic rings. The van der Waals surface area contributed by atoms with E-state index in [2.05, 4.69) is 10.0 Å². The normalized spacial score (nSPS) is 14.7. The predicted octanol–water partition coefficient (Wildman–Crippen LogP) is 3.99. The second kappa shape index (κ2) is 6.84. The summed E-state index contributed by atoms with van der Waals surface area (Å²) in [5.41, 5.74) is -1.11. The van der Waals surface area contributed by atoms with Crippen LogP contribution in [0.3, 0.4) is 0 Å². The first-order valence-electron chi connectivity index (χ1n) is 7.87. The molecular formula is C17H14F4N2O3S. The molecular weight excluding hydrogens is 388 g/mol. The van der Waals surface area contributed by atoms with Crippen LogP contribution in [-0.2, 0) is 21.0 Å². The van der Waals surface area contributed by atoms with E-state index in [1.54, 1.807) is 0 Å². The van der Waals surface area contributed by atoms with Gasteiger partial charge in [-0.1, -0.05) is 0 Å². The summed E-state index contributed by atoms with van der Waals surface area (Å²) in [5.74, 6) is -1.67. The average Bonchev–Trinajstić information content (AvgIpc) is 3.40. The summed E-state index contributed by atoms with van der Waals surface area (Å²) in [6, 6.07) is 7.07. The van der Waals surface area contributed by atoms with E-state index in [-0.39, 0.29) is 23.6 Å². The summed E-state index contributed by atoms with van der Waals surface area (Å²) < 4.78 is 78.3. The number of nitrogens with one attached hydrogen (secondary N) is 2. The van der Waals surface area contributed by atoms with Crippen LogP contribution in [0.2, 0.25) is 0 Å². The zero-order valence-electron chi connectivity index (χ0n) is 13.7. The molecule has 0 aromatic heterocycles. The Kier molecular flexibility index (Phi) is 4.85. The number of anilines is 2.